The van der Waals surface area contributed by atoms with Gasteiger partial charge in [-0.25, -0.2) is 4.98 Å². The average molecular weight is 433 g/mol. The Hall–Kier alpha value is -4.07. The summed E-state index contributed by atoms with van der Waals surface area (Å²) in [7, 11) is 1.65. The largest absolute Gasteiger partial charge is 0.497 e. The monoisotopic (exact) mass is 433 g/mol. The number of benzene rings is 2. The predicted molar refractivity (Wildman–Crippen MR) is 118 cm³/mol. The number of nitrogens with zero attached hydrogens (tertiary/aromatic N) is 2. The van der Waals surface area contributed by atoms with Crippen LogP contribution in [-0.4, -0.2) is 46.0 Å². The maximum atomic E-state index is 13.4. The van der Waals surface area contributed by atoms with Crippen LogP contribution in [0.4, 0.5) is 0 Å². The molecule has 0 radical (unpaired) electrons. The van der Waals surface area contributed by atoms with Crippen LogP contribution in [0.3, 0.4) is 0 Å². The molecule has 8 nitrogen and oxygen atoms in total. The topological polar surface area (TPSA) is 109 Å². The van der Waals surface area contributed by atoms with Gasteiger partial charge in [-0.05, 0) is 30.7 Å². The van der Waals surface area contributed by atoms with Crippen LogP contribution in [0.2, 0.25) is 0 Å². The Kier molecular flexibility index (Phi) is 5.93. The van der Waals surface area contributed by atoms with Gasteiger partial charge in [0.25, 0.3) is 12.4 Å². The van der Waals surface area contributed by atoms with Crippen LogP contribution in [0.1, 0.15) is 39.0 Å². The molecule has 5 rings (SSSR count). The molecule has 1 unspecified atom stereocenters. The van der Waals surface area contributed by atoms with E-state index in [-0.39, 0.29) is 18.3 Å². The van der Waals surface area contributed by atoms with Gasteiger partial charge in [0.1, 0.15) is 11.3 Å². The number of furan rings is 1. The Bertz CT molecular complexity index is 1240. The molecule has 1 amide bonds. The second-order valence-electron chi connectivity index (χ2n) is 7.44. The number of nitrogens with one attached hydrogen (secondary N) is 1. The number of ether oxygens (including phenoxy) is 1. The Morgan fingerprint density at radius 1 is 1.25 bits per heavy atom. The number of aromatic nitrogens is 2. The van der Waals surface area contributed by atoms with Crippen molar-refractivity contribution in [1.29, 1.82) is 0 Å². The highest BCUT2D eigenvalue weighted by Crippen LogP contribution is 2.34. The van der Waals surface area contributed by atoms with Crippen LogP contribution in [-0.2, 0) is 11.3 Å². The zero-order chi connectivity index (χ0) is 22.7. The molecule has 0 aliphatic carbocycles. The minimum Gasteiger partial charge on any atom is -0.497 e. The summed E-state index contributed by atoms with van der Waals surface area (Å²) < 4.78 is 11.2. The standard InChI is InChI=1S/C23H21N3O3.CH2O2/c1-14-17-5-3-4-6-20(17)29-22(14)23(27)26-11-18(21-19(12-26)24-13-25-21)15-7-9-16(28-2)10-8-15;2-1-3/h3-10,13,18H,11-12H2,1-2H3,(H,24,25);1H,(H,2,3). The van der Waals surface area contributed by atoms with Crippen LogP contribution >= 0.6 is 0 Å². The summed E-state index contributed by atoms with van der Waals surface area (Å²) in [4.78, 5) is 31.3. The molecular weight excluding hydrogens is 410 g/mol. The predicted octanol–water partition coefficient (Wildman–Crippen LogP) is 3.96. The molecule has 0 spiro atoms. The van der Waals surface area contributed by atoms with Crippen LogP contribution in [0, 0.1) is 6.92 Å². The SMILES string of the molecule is COc1ccc(C2CN(C(=O)c3oc4ccccc4c3C)Cc3[nH]cnc32)cc1.O=CO. The van der Waals surface area contributed by atoms with Gasteiger partial charge in [-0.1, -0.05) is 30.3 Å². The van der Waals surface area contributed by atoms with Crippen molar-refractivity contribution >= 4 is 23.3 Å². The zero-order valence-electron chi connectivity index (χ0n) is 17.7. The molecule has 8 heteroatoms. The molecule has 4 aromatic rings. The molecule has 1 aliphatic heterocycles. The number of amides is 1. The van der Waals surface area contributed by atoms with E-state index in [9.17, 15) is 4.79 Å². The number of hydrogen-bond acceptors (Lipinski definition) is 5. The fourth-order valence-electron chi connectivity index (χ4n) is 4.10. The molecule has 1 atom stereocenters. The van der Waals surface area contributed by atoms with Gasteiger partial charge >= 0.3 is 0 Å². The quantitative estimate of drug-likeness (QED) is 0.474. The number of aromatic amines is 1. The second-order valence-corrected chi connectivity index (χ2v) is 7.44. The van der Waals surface area contributed by atoms with Gasteiger partial charge in [-0.3, -0.25) is 9.59 Å². The molecule has 0 saturated heterocycles. The van der Waals surface area contributed by atoms with E-state index in [1.165, 1.54) is 0 Å². The van der Waals surface area contributed by atoms with Gasteiger partial charge in [0.05, 0.1) is 31.4 Å². The fraction of sp³-hybridized carbons (Fsp3) is 0.208. The van der Waals surface area contributed by atoms with Gasteiger partial charge in [-0.15, -0.1) is 0 Å². The van der Waals surface area contributed by atoms with Gasteiger partial charge < -0.3 is 24.1 Å². The zero-order valence-corrected chi connectivity index (χ0v) is 17.7. The third kappa shape index (κ3) is 3.82. The lowest BCUT2D eigenvalue weighted by Crippen LogP contribution is -2.38. The molecule has 1 aliphatic rings. The molecule has 32 heavy (non-hydrogen) atoms. The first-order valence-electron chi connectivity index (χ1n) is 10.1. The van der Waals surface area contributed by atoms with E-state index in [4.69, 9.17) is 19.1 Å². The first-order chi connectivity index (χ1) is 15.6. The fourth-order valence-corrected chi connectivity index (χ4v) is 4.10. The Balaban J connectivity index is 0.000000775. The number of para-hydroxylation sites is 1. The van der Waals surface area contributed by atoms with Crippen LogP contribution in [0.25, 0.3) is 11.0 Å². The lowest BCUT2D eigenvalue weighted by molar-refractivity contribution is -0.122. The van der Waals surface area contributed by atoms with Crippen molar-refractivity contribution < 1.29 is 23.8 Å². The van der Waals surface area contributed by atoms with E-state index in [2.05, 4.69) is 9.97 Å². The highest BCUT2D eigenvalue weighted by Gasteiger charge is 2.33. The van der Waals surface area contributed by atoms with Gasteiger partial charge in [0, 0.05) is 23.4 Å². The summed E-state index contributed by atoms with van der Waals surface area (Å²) in [5.41, 5.74) is 4.65. The summed E-state index contributed by atoms with van der Waals surface area (Å²) in [5, 5.41) is 7.86. The minimum absolute atomic E-state index is 0.00968. The summed E-state index contributed by atoms with van der Waals surface area (Å²) in [6, 6.07) is 15.7. The van der Waals surface area contributed by atoms with Crippen LogP contribution in [0.5, 0.6) is 5.75 Å². The highest BCUT2D eigenvalue weighted by molar-refractivity contribution is 5.99. The van der Waals surface area contributed by atoms with Gasteiger partial charge in [0.2, 0.25) is 0 Å². The van der Waals surface area contributed by atoms with Crippen molar-refractivity contribution in [3.05, 3.63) is 83.1 Å². The third-order valence-electron chi connectivity index (χ3n) is 5.68. The average Bonchev–Trinajstić information content (AvgIpc) is 3.43. The summed E-state index contributed by atoms with van der Waals surface area (Å²) >= 11 is 0. The van der Waals surface area contributed by atoms with Crippen molar-refractivity contribution in [3.63, 3.8) is 0 Å². The molecule has 0 saturated carbocycles. The number of hydrogen-bond donors (Lipinski definition) is 2. The molecule has 164 valence electrons. The summed E-state index contributed by atoms with van der Waals surface area (Å²) in [6.45, 7) is 2.71. The Morgan fingerprint density at radius 2 is 1.97 bits per heavy atom. The molecule has 3 heterocycles. The summed E-state index contributed by atoms with van der Waals surface area (Å²) in [6.07, 6.45) is 1.70. The number of carbonyl (C=O) groups excluding carboxylic acids is 1. The van der Waals surface area contributed by atoms with Gasteiger partial charge in [-0.2, -0.15) is 0 Å². The first-order valence-corrected chi connectivity index (χ1v) is 10.1. The highest BCUT2D eigenvalue weighted by atomic mass is 16.5. The number of carboxylic acid groups (broad SMARTS) is 1. The number of aryl methyl sites for hydroxylation is 1. The second kappa shape index (κ2) is 8.97. The number of methoxy groups -OCH3 is 1. The first kappa shape index (κ1) is 21.2. The van der Waals surface area contributed by atoms with Crippen LogP contribution < -0.4 is 4.74 Å². The van der Waals surface area contributed by atoms with E-state index in [0.717, 1.165) is 39.2 Å². The maximum Gasteiger partial charge on any atom is 0.290 e. The number of H-pyrrole nitrogens is 1. The molecule has 2 N–H and O–H groups in total. The van der Waals surface area contributed by atoms with E-state index >= 15 is 0 Å². The van der Waals surface area contributed by atoms with Crippen molar-refractivity contribution in [3.8, 4) is 5.75 Å². The third-order valence-corrected chi connectivity index (χ3v) is 5.68. The van der Waals surface area contributed by atoms with Crippen LogP contribution in [0.15, 0.2) is 59.3 Å². The van der Waals surface area contributed by atoms with Crippen molar-refractivity contribution in [2.24, 2.45) is 0 Å². The number of imidazole rings is 1. The summed E-state index contributed by atoms with van der Waals surface area (Å²) in [5.74, 6) is 1.10. The molecular formula is C24H23N3O5. The lowest BCUT2D eigenvalue weighted by Gasteiger charge is -2.32. The van der Waals surface area contributed by atoms with Crippen molar-refractivity contribution in [2.45, 2.75) is 19.4 Å². The lowest BCUT2D eigenvalue weighted by atomic mass is 9.90. The van der Waals surface area contributed by atoms with E-state index in [0.29, 0.717) is 18.8 Å². The maximum absolute atomic E-state index is 13.4. The van der Waals surface area contributed by atoms with Crippen molar-refractivity contribution in [1.82, 2.24) is 14.9 Å². The molecule has 0 fully saturated rings. The van der Waals surface area contributed by atoms with E-state index < -0.39 is 0 Å². The van der Waals surface area contributed by atoms with Crippen molar-refractivity contribution in [2.75, 3.05) is 13.7 Å². The minimum atomic E-state index is -0.250. The van der Waals surface area contributed by atoms with Gasteiger partial charge in [0.15, 0.2) is 5.76 Å². The van der Waals surface area contributed by atoms with E-state index in [1.807, 2.05) is 60.4 Å². The molecule has 2 aromatic carbocycles. The number of rotatable bonds is 3. The smallest absolute Gasteiger partial charge is 0.290 e. The Morgan fingerprint density at radius 3 is 2.66 bits per heavy atom. The number of fused-ring (bicyclic) bond motifs is 2. The normalized spacial score (nSPS) is 14.9. The molecule has 0 bridgehead atoms. The number of carbonyl (C=O) groups is 2. The Labute approximate surface area is 184 Å². The van der Waals surface area contributed by atoms with E-state index in [1.54, 1.807) is 13.4 Å². The molecule has 2 aromatic heterocycles.